The zero-order valence-corrected chi connectivity index (χ0v) is 14.6. The number of nitrogens with one attached hydrogen (secondary N) is 1. The average molecular weight is 354 g/mol. The van der Waals surface area contributed by atoms with Gasteiger partial charge in [-0.2, -0.15) is 0 Å². The summed E-state index contributed by atoms with van der Waals surface area (Å²) in [6, 6.07) is 3.67. The van der Waals surface area contributed by atoms with Gasteiger partial charge in [0.2, 0.25) is 10.0 Å². The smallest absolute Gasteiger partial charge is 0.254 e. The molecule has 2 fully saturated rings. The van der Waals surface area contributed by atoms with Crippen molar-refractivity contribution in [1.29, 1.82) is 0 Å². The van der Waals surface area contributed by atoms with Crippen LogP contribution < -0.4 is 4.72 Å². The molecule has 5 nitrogen and oxygen atoms in total. The molecular formula is C17H23FN2O3S. The van der Waals surface area contributed by atoms with Gasteiger partial charge < -0.3 is 4.90 Å². The molecule has 2 aliphatic rings. The minimum absolute atomic E-state index is 0.111. The van der Waals surface area contributed by atoms with Crippen LogP contribution in [0.4, 0.5) is 4.39 Å². The highest BCUT2D eigenvalue weighted by Gasteiger charge is 2.31. The SMILES string of the molecule is CCC1CCCCN1C(=O)c1ccc(F)c(S(=O)(=O)NC2CC2)c1. The molecule has 132 valence electrons. The van der Waals surface area contributed by atoms with E-state index in [1.54, 1.807) is 4.90 Å². The van der Waals surface area contributed by atoms with Crippen LogP contribution in [-0.2, 0) is 10.0 Å². The summed E-state index contributed by atoms with van der Waals surface area (Å²) < 4.78 is 41.1. The Kier molecular flexibility index (Phi) is 4.92. The second-order valence-electron chi connectivity index (χ2n) is 6.60. The monoisotopic (exact) mass is 354 g/mol. The third kappa shape index (κ3) is 3.62. The Labute approximate surface area is 142 Å². The second kappa shape index (κ2) is 6.80. The van der Waals surface area contributed by atoms with Gasteiger partial charge in [-0.25, -0.2) is 17.5 Å². The average Bonchev–Trinajstić information content (AvgIpc) is 3.37. The van der Waals surface area contributed by atoms with Gasteiger partial charge in [0.05, 0.1) is 0 Å². The van der Waals surface area contributed by atoms with Gasteiger partial charge in [-0.1, -0.05) is 6.92 Å². The molecule has 0 bridgehead atoms. The predicted octanol–water partition coefficient (Wildman–Crippen LogP) is 2.67. The Balaban J connectivity index is 1.88. The second-order valence-corrected chi connectivity index (χ2v) is 8.28. The molecule has 1 aromatic carbocycles. The first-order valence-electron chi connectivity index (χ1n) is 8.55. The van der Waals surface area contributed by atoms with Crippen LogP contribution in [0.5, 0.6) is 0 Å². The Morgan fingerprint density at radius 3 is 2.71 bits per heavy atom. The fraction of sp³-hybridized carbons (Fsp3) is 0.588. The third-order valence-corrected chi connectivity index (χ3v) is 6.26. The summed E-state index contributed by atoms with van der Waals surface area (Å²) in [6.45, 7) is 2.70. The van der Waals surface area contributed by atoms with E-state index in [4.69, 9.17) is 0 Å². The molecule has 1 aliphatic heterocycles. The minimum Gasteiger partial charge on any atom is -0.336 e. The number of rotatable bonds is 5. The summed E-state index contributed by atoms with van der Waals surface area (Å²) in [4.78, 5) is 14.1. The van der Waals surface area contributed by atoms with E-state index in [2.05, 4.69) is 4.72 Å². The molecule has 1 N–H and O–H groups in total. The van der Waals surface area contributed by atoms with Gasteiger partial charge in [0.15, 0.2) is 0 Å². The van der Waals surface area contributed by atoms with Gasteiger partial charge in [0.25, 0.3) is 5.91 Å². The van der Waals surface area contributed by atoms with Crippen molar-refractivity contribution in [3.05, 3.63) is 29.6 Å². The van der Waals surface area contributed by atoms with Crippen LogP contribution in [0.1, 0.15) is 55.8 Å². The highest BCUT2D eigenvalue weighted by Crippen LogP contribution is 2.26. The van der Waals surface area contributed by atoms with Crippen molar-refractivity contribution in [1.82, 2.24) is 9.62 Å². The highest BCUT2D eigenvalue weighted by molar-refractivity contribution is 7.89. The molecule has 1 saturated heterocycles. The molecule has 24 heavy (non-hydrogen) atoms. The lowest BCUT2D eigenvalue weighted by Crippen LogP contribution is -2.43. The largest absolute Gasteiger partial charge is 0.336 e. The Hall–Kier alpha value is -1.47. The molecule has 0 aromatic heterocycles. The van der Waals surface area contributed by atoms with Crippen LogP contribution in [0.3, 0.4) is 0 Å². The zero-order valence-electron chi connectivity index (χ0n) is 13.8. The Morgan fingerprint density at radius 1 is 1.29 bits per heavy atom. The molecular weight excluding hydrogens is 331 g/mol. The molecule has 7 heteroatoms. The molecule has 1 aromatic rings. The Morgan fingerprint density at radius 2 is 2.04 bits per heavy atom. The first-order chi connectivity index (χ1) is 11.4. The maximum atomic E-state index is 14.0. The summed E-state index contributed by atoms with van der Waals surface area (Å²) in [6.07, 6.45) is 5.39. The normalized spacial score (nSPS) is 21.8. The number of halogens is 1. The van der Waals surface area contributed by atoms with E-state index in [1.165, 1.54) is 12.1 Å². The zero-order chi connectivity index (χ0) is 17.3. The molecule has 1 heterocycles. The summed E-state index contributed by atoms with van der Waals surface area (Å²) in [5.74, 6) is -1.05. The number of nitrogens with zero attached hydrogens (tertiary/aromatic N) is 1. The number of benzene rings is 1. The Bertz CT molecular complexity index is 731. The molecule has 1 amide bonds. The molecule has 1 unspecified atom stereocenters. The van der Waals surface area contributed by atoms with Gasteiger partial charge in [0, 0.05) is 24.2 Å². The van der Waals surface area contributed by atoms with Crippen molar-refractivity contribution in [2.75, 3.05) is 6.54 Å². The third-order valence-electron chi connectivity index (χ3n) is 4.73. The number of sulfonamides is 1. The maximum absolute atomic E-state index is 14.0. The van der Waals surface area contributed by atoms with Crippen molar-refractivity contribution < 1.29 is 17.6 Å². The number of hydrogen-bond donors (Lipinski definition) is 1. The first-order valence-corrected chi connectivity index (χ1v) is 10.0. The van der Waals surface area contributed by atoms with E-state index in [0.29, 0.717) is 6.54 Å². The predicted molar refractivity (Wildman–Crippen MR) is 88.7 cm³/mol. The quantitative estimate of drug-likeness (QED) is 0.884. The first kappa shape index (κ1) is 17.4. The lowest BCUT2D eigenvalue weighted by atomic mass is 9.99. The van der Waals surface area contributed by atoms with E-state index in [0.717, 1.165) is 44.6 Å². The molecule has 1 saturated carbocycles. The van der Waals surface area contributed by atoms with Crippen LogP contribution in [-0.4, -0.2) is 37.9 Å². The van der Waals surface area contributed by atoms with Gasteiger partial charge in [-0.15, -0.1) is 0 Å². The number of likely N-dealkylation sites (tertiary alicyclic amines) is 1. The summed E-state index contributed by atoms with van der Waals surface area (Å²) in [7, 11) is -3.93. The molecule has 1 atom stereocenters. The van der Waals surface area contributed by atoms with Crippen molar-refractivity contribution in [3.63, 3.8) is 0 Å². The van der Waals surface area contributed by atoms with Gasteiger partial charge in [-0.05, 0) is 56.7 Å². The highest BCUT2D eigenvalue weighted by atomic mass is 32.2. The number of carbonyl (C=O) groups is 1. The van der Waals surface area contributed by atoms with E-state index >= 15 is 0 Å². The van der Waals surface area contributed by atoms with Crippen LogP contribution in [0.15, 0.2) is 23.1 Å². The van der Waals surface area contributed by atoms with Crippen LogP contribution >= 0.6 is 0 Å². The molecule has 3 rings (SSSR count). The van der Waals surface area contributed by atoms with Crippen molar-refractivity contribution in [3.8, 4) is 0 Å². The maximum Gasteiger partial charge on any atom is 0.254 e. The number of hydrogen-bond acceptors (Lipinski definition) is 3. The number of carbonyl (C=O) groups excluding carboxylic acids is 1. The molecule has 0 spiro atoms. The summed E-state index contributed by atoms with van der Waals surface area (Å²) in [5.41, 5.74) is 0.230. The van der Waals surface area contributed by atoms with E-state index in [-0.39, 0.29) is 23.6 Å². The topological polar surface area (TPSA) is 66.5 Å². The standard InChI is InChI=1S/C17H23FN2O3S/c1-2-14-5-3-4-10-20(14)17(21)12-6-9-15(18)16(11-12)24(22,23)19-13-7-8-13/h6,9,11,13-14,19H,2-5,7-8,10H2,1H3. The van der Waals surface area contributed by atoms with Crippen LogP contribution in [0, 0.1) is 5.82 Å². The van der Waals surface area contributed by atoms with Gasteiger partial charge in [-0.3, -0.25) is 4.79 Å². The number of piperidine rings is 1. The van der Waals surface area contributed by atoms with Gasteiger partial charge >= 0.3 is 0 Å². The van der Waals surface area contributed by atoms with E-state index < -0.39 is 20.7 Å². The fourth-order valence-corrected chi connectivity index (χ4v) is 4.59. The summed E-state index contributed by atoms with van der Waals surface area (Å²) >= 11 is 0. The minimum atomic E-state index is -3.93. The van der Waals surface area contributed by atoms with Crippen LogP contribution in [0.25, 0.3) is 0 Å². The van der Waals surface area contributed by atoms with Crippen molar-refractivity contribution in [2.45, 2.75) is 62.4 Å². The van der Waals surface area contributed by atoms with Crippen LogP contribution in [0.2, 0.25) is 0 Å². The molecule has 0 radical (unpaired) electrons. The molecule has 1 aliphatic carbocycles. The lowest BCUT2D eigenvalue weighted by Gasteiger charge is -2.35. The summed E-state index contributed by atoms with van der Waals surface area (Å²) in [5, 5.41) is 0. The van der Waals surface area contributed by atoms with E-state index in [1.807, 2.05) is 6.92 Å². The van der Waals surface area contributed by atoms with Crippen molar-refractivity contribution in [2.24, 2.45) is 0 Å². The lowest BCUT2D eigenvalue weighted by molar-refractivity contribution is 0.0607. The van der Waals surface area contributed by atoms with Gasteiger partial charge in [0.1, 0.15) is 10.7 Å². The van der Waals surface area contributed by atoms with E-state index in [9.17, 15) is 17.6 Å². The fourth-order valence-electron chi connectivity index (χ4n) is 3.18. The number of amides is 1. The van der Waals surface area contributed by atoms with Crippen molar-refractivity contribution >= 4 is 15.9 Å².